The standard InChI is InChI=1S/C12H10ClN3O3S2/c13-8-3-1-7(2-4-8)9(17)5-19-10(18)6-20-12-16-15-11(14)21-12/h1-4H,5-6H2,(H2,14,15). The monoisotopic (exact) mass is 343 g/mol. The van der Waals surface area contributed by atoms with Gasteiger partial charge in [0.15, 0.2) is 16.7 Å². The van der Waals surface area contributed by atoms with Gasteiger partial charge in [-0.3, -0.25) is 9.59 Å². The van der Waals surface area contributed by atoms with Gasteiger partial charge in [-0.05, 0) is 24.3 Å². The van der Waals surface area contributed by atoms with E-state index >= 15 is 0 Å². The number of thioether (sulfide) groups is 1. The van der Waals surface area contributed by atoms with Gasteiger partial charge in [-0.1, -0.05) is 34.7 Å². The molecule has 0 bridgehead atoms. The van der Waals surface area contributed by atoms with Crippen LogP contribution >= 0.6 is 34.7 Å². The Morgan fingerprint density at radius 3 is 2.62 bits per heavy atom. The fourth-order valence-electron chi connectivity index (χ4n) is 1.31. The minimum Gasteiger partial charge on any atom is -0.457 e. The SMILES string of the molecule is Nc1nnc(SCC(=O)OCC(=O)c2ccc(Cl)cc2)s1. The van der Waals surface area contributed by atoms with Crippen LogP contribution in [0.3, 0.4) is 0 Å². The highest BCUT2D eigenvalue weighted by molar-refractivity contribution is 8.01. The van der Waals surface area contributed by atoms with Gasteiger partial charge >= 0.3 is 5.97 Å². The Kier molecular flexibility index (Phi) is 5.54. The highest BCUT2D eigenvalue weighted by Gasteiger charge is 2.11. The quantitative estimate of drug-likeness (QED) is 0.488. The van der Waals surface area contributed by atoms with Gasteiger partial charge < -0.3 is 10.5 Å². The number of rotatable bonds is 6. The van der Waals surface area contributed by atoms with E-state index in [-0.39, 0.29) is 18.1 Å². The molecule has 2 N–H and O–H groups in total. The zero-order valence-electron chi connectivity index (χ0n) is 10.6. The topological polar surface area (TPSA) is 95.2 Å². The molecule has 2 aromatic rings. The summed E-state index contributed by atoms with van der Waals surface area (Å²) in [6.45, 7) is -0.306. The van der Waals surface area contributed by atoms with Gasteiger partial charge in [0.05, 0.1) is 5.75 Å². The smallest absolute Gasteiger partial charge is 0.316 e. The molecule has 0 saturated heterocycles. The molecular weight excluding hydrogens is 334 g/mol. The van der Waals surface area contributed by atoms with E-state index in [0.29, 0.717) is 20.1 Å². The molecule has 110 valence electrons. The maximum atomic E-state index is 11.8. The van der Waals surface area contributed by atoms with Gasteiger partial charge in [0, 0.05) is 10.6 Å². The van der Waals surface area contributed by atoms with E-state index in [1.165, 1.54) is 11.3 Å². The number of esters is 1. The first kappa shape index (κ1) is 15.7. The van der Waals surface area contributed by atoms with Crippen LogP contribution in [0.1, 0.15) is 10.4 Å². The lowest BCUT2D eigenvalue weighted by Gasteiger charge is -2.03. The molecule has 0 saturated carbocycles. The number of ether oxygens (including phenoxy) is 1. The highest BCUT2D eigenvalue weighted by atomic mass is 35.5. The Bertz CT molecular complexity index is 645. The van der Waals surface area contributed by atoms with E-state index in [1.807, 2.05) is 0 Å². The number of carbonyl (C=O) groups excluding carboxylic acids is 2. The zero-order chi connectivity index (χ0) is 15.2. The van der Waals surface area contributed by atoms with Crippen molar-refractivity contribution in [2.45, 2.75) is 4.34 Å². The second-order valence-electron chi connectivity index (χ2n) is 3.79. The Balaban J connectivity index is 1.75. The summed E-state index contributed by atoms with van der Waals surface area (Å²) in [5, 5.41) is 8.26. The van der Waals surface area contributed by atoms with Crippen molar-refractivity contribution in [3.05, 3.63) is 34.9 Å². The van der Waals surface area contributed by atoms with Crippen molar-refractivity contribution >= 4 is 51.6 Å². The number of anilines is 1. The highest BCUT2D eigenvalue weighted by Crippen LogP contribution is 2.23. The average Bonchev–Trinajstić information content (AvgIpc) is 2.89. The lowest BCUT2D eigenvalue weighted by atomic mass is 10.1. The Morgan fingerprint density at radius 2 is 2.00 bits per heavy atom. The minimum absolute atomic E-state index is 0.0442. The third-order valence-corrected chi connectivity index (χ3v) is 4.38. The molecule has 0 amide bonds. The van der Waals surface area contributed by atoms with Crippen LogP contribution in [-0.4, -0.2) is 34.3 Å². The van der Waals surface area contributed by atoms with Gasteiger partial charge in [0.1, 0.15) is 0 Å². The Labute approximate surface area is 133 Å². The Hall–Kier alpha value is -1.64. The molecule has 1 aromatic carbocycles. The molecule has 0 aliphatic heterocycles. The molecule has 0 aliphatic carbocycles. The fourth-order valence-corrected chi connectivity index (χ4v) is 2.87. The maximum Gasteiger partial charge on any atom is 0.316 e. The van der Waals surface area contributed by atoms with Gasteiger partial charge in [0.2, 0.25) is 5.13 Å². The molecule has 6 nitrogen and oxygen atoms in total. The molecule has 1 heterocycles. The maximum absolute atomic E-state index is 11.8. The molecule has 0 atom stereocenters. The van der Waals surface area contributed by atoms with Crippen LogP contribution in [0.4, 0.5) is 5.13 Å². The number of Topliss-reactive ketones (excluding diaryl/α,β-unsaturated/α-hetero) is 1. The van der Waals surface area contributed by atoms with Crippen LogP contribution in [0, 0.1) is 0 Å². The summed E-state index contributed by atoms with van der Waals surface area (Å²) in [5.74, 6) is -0.746. The summed E-state index contributed by atoms with van der Waals surface area (Å²) in [6.07, 6.45) is 0. The third-order valence-electron chi connectivity index (χ3n) is 2.27. The predicted molar refractivity (Wildman–Crippen MR) is 81.8 cm³/mol. The second kappa shape index (κ2) is 7.39. The van der Waals surface area contributed by atoms with E-state index in [1.54, 1.807) is 24.3 Å². The zero-order valence-corrected chi connectivity index (χ0v) is 13.0. The number of ketones is 1. The number of aromatic nitrogens is 2. The summed E-state index contributed by atoms with van der Waals surface area (Å²) in [7, 11) is 0. The van der Waals surface area contributed by atoms with Crippen molar-refractivity contribution in [2.24, 2.45) is 0 Å². The first-order valence-electron chi connectivity index (χ1n) is 5.71. The van der Waals surface area contributed by atoms with Gasteiger partial charge in [-0.15, -0.1) is 10.2 Å². The van der Waals surface area contributed by atoms with Crippen molar-refractivity contribution in [3.63, 3.8) is 0 Å². The molecule has 1 aromatic heterocycles. The normalized spacial score (nSPS) is 10.3. The molecular formula is C12H10ClN3O3S2. The molecule has 0 radical (unpaired) electrons. The fraction of sp³-hybridized carbons (Fsp3) is 0.167. The van der Waals surface area contributed by atoms with Crippen LogP contribution in [0.25, 0.3) is 0 Å². The van der Waals surface area contributed by atoms with Crippen molar-refractivity contribution < 1.29 is 14.3 Å². The van der Waals surface area contributed by atoms with E-state index in [9.17, 15) is 9.59 Å². The largest absolute Gasteiger partial charge is 0.457 e. The average molecular weight is 344 g/mol. The number of hydrogen-bond donors (Lipinski definition) is 1. The van der Waals surface area contributed by atoms with Crippen molar-refractivity contribution in [1.82, 2.24) is 10.2 Å². The van der Waals surface area contributed by atoms with E-state index in [4.69, 9.17) is 22.1 Å². The van der Waals surface area contributed by atoms with Crippen LogP contribution < -0.4 is 5.73 Å². The van der Waals surface area contributed by atoms with E-state index in [0.717, 1.165) is 11.8 Å². The molecule has 0 spiro atoms. The summed E-state index contributed by atoms with van der Waals surface area (Å²) in [5.41, 5.74) is 5.86. The molecule has 21 heavy (non-hydrogen) atoms. The lowest BCUT2D eigenvalue weighted by Crippen LogP contribution is -2.15. The summed E-state index contributed by atoms with van der Waals surface area (Å²) in [6, 6.07) is 6.37. The van der Waals surface area contributed by atoms with Gasteiger partial charge in [-0.25, -0.2) is 0 Å². The van der Waals surface area contributed by atoms with Crippen LogP contribution in [0.2, 0.25) is 5.02 Å². The molecule has 0 aliphatic rings. The number of nitrogens with two attached hydrogens (primary N) is 1. The van der Waals surface area contributed by atoms with Crippen LogP contribution in [0.15, 0.2) is 28.6 Å². The first-order valence-corrected chi connectivity index (χ1v) is 7.89. The molecule has 2 rings (SSSR count). The first-order chi connectivity index (χ1) is 10.0. The number of halogens is 1. The Morgan fingerprint density at radius 1 is 1.29 bits per heavy atom. The second-order valence-corrected chi connectivity index (χ2v) is 6.45. The van der Waals surface area contributed by atoms with Crippen molar-refractivity contribution in [1.29, 1.82) is 0 Å². The summed E-state index contributed by atoms with van der Waals surface area (Å²) in [4.78, 5) is 23.3. The van der Waals surface area contributed by atoms with Gasteiger partial charge in [0.25, 0.3) is 0 Å². The summed E-state index contributed by atoms with van der Waals surface area (Å²) < 4.78 is 5.48. The number of nitrogens with zero attached hydrogens (tertiary/aromatic N) is 2. The third kappa shape index (κ3) is 5.00. The summed E-state index contributed by atoms with van der Waals surface area (Å²) >= 11 is 8.07. The van der Waals surface area contributed by atoms with Crippen molar-refractivity contribution in [3.8, 4) is 0 Å². The van der Waals surface area contributed by atoms with Gasteiger partial charge in [-0.2, -0.15) is 0 Å². The number of nitrogen functional groups attached to an aromatic ring is 1. The van der Waals surface area contributed by atoms with Crippen LogP contribution in [0.5, 0.6) is 0 Å². The molecule has 0 unspecified atom stereocenters. The molecule has 9 heteroatoms. The van der Waals surface area contributed by atoms with E-state index in [2.05, 4.69) is 10.2 Å². The number of carbonyl (C=O) groups is 2. The predicted octanol–water partition coefficient (Wildman–Crippen LogP) is 2.29. The van der Waals surface area contributed by atoms with E-state index < -0.39 is 5.97 Å². The van der Waals surface area contributed by atoms with Crippen molar-refractivity contribution in [2.75, 3.05) is 18.1 Å². The number of hydrogen-bond acceptors (Lipinski definition) is 8. The van der Waals surface area contributed by atoms with Crippen LogP contribution in [-0.2, 0) is 9.53 Å². The molecule has 0 fully saturated rings. The number of benzene rings is 1. The lowest BCUT2D eigenvalue weighted by molar-refractivity contribution is -0.139. The minimum atomic E-state index is -0.504.